The van der Waals surface area contributed by atoms with Crippen LogP contribution in [0.5, 0.6) is 0 Å². The van der Waals surface area contributed by atoms with Crippen LogP contribution in [-0.2, 0) is 4.74 Å². The molecule has 3 heteroatoms. The van der Waals surface area contributed by atoms with Crippen LogP contribution in [0.1, 0.15) is 55.6 Å². The lowest BCUT2D eigenvalue weighted by Crippen LogP contribution is -2.11. The third kappa shape index (κ3) is 7.53. The molecule has 0 amide bonds. The molecule has 3 nitrogen and oxygen atoms in total. The minimum atomic E-state index is -1.08. The molecule has 0 spiro atoms. The molecule has 2 aromatic carbocycles. The lowest BCUT2D eigenvalue weighted by molar-refractivity contribution is 0.0747. The quantitative estimate of drug-likeness (QED) is 0.586. The monoisotopic (exact) mass is 328 g/mol. The van der Waals surface area contributed by atoms with Crippen molar-refractivity contribution in [2.45, 2.75) is 45.8 Å². The average molecular weight is 328 g/mol. The van der Waals surface area contributed by atoms with Gasteiger partial charge in [-0.05, 0) is 25.8 Å². The molecule has 0 aromatic heterocycles. The molecule has 0 heterocycles. The van der Waals surface area contributed by atoms with Crippen molar-refractivity contribution in [3.8, 4) is 0 Å². The second-order valence-corrected chi connectivity index (χ2v) is 5.82. The SMILES string of the molecule is CCCCOC(C)C.O=C(c1ccccc1)C(O)c1ccccc1. The summed E-state index contributed by atoms with van der Waals surface area (Å²) in [7, 11) is 0. The standard InChI is InChI=1S/C14H12O2.C7H16O/c15-13(11-7-3-1-4-8-11)14(16)12-9-5-2-6-10-12;1-4-5-6-8-7(2)3/h1-10,13,15H;7H,4-6H2,1-3H3. The minimum Gasteiger partial charge on any atom is -0.380 e. The molecule has 0 saturated carbocycles. The molecule has 1 atom stereocenters. The Morgan fingerprint density at radius 1 is 1.00 bits per heavy atom. The summed E-state index contributed by atoms with van der Waals surface area (Å²) >= 11 is 0. The molecule has 1 unspecified atom stereocenters. The van der Waals surface area contributed by atoms with Crippen LogP contribution >= 0.6 is 0 Å². The highest BCUT2D eigenvalue weighted by Gasteiger charge is 2.18. The van der Waals surface area contributed by atoms with Gasteiger partial charge in [0.15, 0.2) is 5.78 Å². The number of rotatable bonds is 7. The van der Waals surface area contributed by atoms with E-state index in [0.29, 0.717) is 17.2 Å². The zero-order chi connectivity index (χ0) is 17.8. The van der Waals surface area contributed by atoms with Crippen molar-refractivity contribution < 1.29 is 14.6 Å². The zero-order valence-corrected chi connectivity index (χ0v) is 14.8. The van der Waals surface area contributed by atoms with Crippen molar-refractivity contribution >= 4 is 5.78 Å². The molecule has 0 fully saturated rings. The zero-order valence-electron chi connectivity index (χ0n) is 14.8. The second-order valence-electron chi connectivity index (χ2n) is 5.82. The largest absolute Gasteiger partial charge is 0.380 e. The number of hydrogen-bond acceptors (Lipinski definition) is 3. The van der Waals surface area contributed by atoms with Gasteiger partial charge in [-0.1, -0.05) is 74.0 Å². The maximum Gasteiger partial charge on any atom is 0.195 e. The molecular formula is C21H28O3. The van der Waals surface area contributed by atoms with Gasteiger partial charge < -0.3 is 9.84 Å². The lowest BCUT2D eigenvalue weighted by Gasteiger charge is -2.09. The van der Waals surface area contributed by atoms with Crippen LogP contribution in [0.3, 0.4) is 0 Å². The van der Waals surface area contributed by atoms with E-state index in [0.717, 1.165) is 6.61 Å². The normalized spacial score (nSPS) is 11.5. The first-order chi connectivity index (χ1) is 11.6. The average Bonchev–Trinajstić information content (AvgIpc) is 2.62. The molecule has 0 aliphatic heterocycles. The van der Waals surface area contributed by atoms with Gasteiger partial charge in [0.2, 0.25) is 0 Å². The number of carbonyl (C=O) groups excluding carboxylic acids is 1. The van der Waals surface area contributed by atoms with Crippen molar-refractivity contribution in [1.29, 1.82) is 0 Å². The van der Waals surface area contributed by atoms with E-state index in [4.69, 9.17) is 4.74 Å². The maximum absolute atomic E-state index is 11.9. The van der Waals surface area contributed by atoms with Gasteiger partial charge in [-0.2, -0.15) is 0 Å². The third-order valence-corrected chi connectivity index (χ3v) is 3.37. The number of benzene rings is 2. The highest BCUT2D eigenvalue weighted by Crippen LogP contribution is 2.17. The topological polar surface area (TPSA) is 46.5 Å². The Morgan fingerprint density at radius 3 is 2.04 bits per heavy atom. The molecular weight excluding hydrogens is 300 g/mol. The maximum atomic E-state index is 11.9. The number of hydrogen-bond donors (Lipinski definition) is 1. The van der Waals surface area contributed by atoms with Gasteiger partial charge >= 0.3 is 0 Å². The predicted molar refractivity (Wildman–Crippen MR) is 98.2 cm³/mol. The number of Topliss-reactive ketones (excluding diaryl/α,β-unsaturated/α-hetero) is 1. The lowest BCUT2D eigenvalue weighted by atomic mass is 10.0. The molecule has 130 valence electrons. The Bertz CT molecular complexity index is 564. The van der Waals surface area contributed by atoms with Gasteiger partial charge in [-0.3, -0.25) is 4.79 Å². The summed E-state index contributed by atoms with van der Waals surface area (Å²) in [4.78, 5) is 11.9. The highest BCUT2D eigenvalue weighted by molar-refractivity contribution is 5.99. The summed E-state index contributed by atoms with van der Waals surface area (Å²) < 4.78 is 5.28. The fraction of sp³-hybridized carbons (Fsp3) is 0.381. The van der Waals surface area contributed by atoms with Crippen LogP contribution in [-0.4, -0.2) is 23.6 Å². The van der Waals surface area contributed by atoms with Crippen molar-refractivity contribution in [3.63, 3.8) is 0 Å². The van der Waals surface area contributed by atoms with Crippen molar-refractivity contribution in [2.24, 2.45) is 0 Å². The van der Waals surface area contributed by atoms with Crippen LogP contribution in [0, 0.1) is 0 Å². The number of aliphatic hydroxyl groups is 1. The summed E-state index contributed by atoms with van der Waals surface area (Å²) in [5, 5.41) is 9.89. The first kappa shape index (κ1) is 20.1. The Kier molecular flexibility index (Phi) is 9.66. The van der Waals surface area contributed by atoms with Gasteiger partial charge in [-0.15, -0.1) is 0 Å². The van der Waals surface area contributed by atoms with E-state index in [1.54, 1.807) is 48.5 Å². The Morgan fingerprint density at radius 2 is 1.54 bits per heavy atom. The fourth-order valence-corrected chi connectivity index (χ4v) is 2.01. The molecule has 0 aliphatic rings. The molecule has 24 heavy (non-hydrogen) atoms. The minimum absolute atomic E-state index is 0.271. The van der Waals surface area contributed by atoms with E-state index in [9.17, 15) is 9.90 Å². The van der Waals surface area contributed by atoms with Gasteiger partial charge in [0, 0.05) is 12.2 Å². The second kappa shape index (κ2) is 11.5. The number of unbranched alkanes of at least 4 members (excludes halogenated alkanes) is 1. The predicted octanol–water partition coefficient (Wildman–Crippen LogP) is 4.81. The van der Waals surface area contributed by atoms with E-state index < -0.39 is 6.10 Å². The van der Waals surface area contributed by atoms with Gasteiger partial charge in [0.1, 0.15) is 6.10 Å². The molecule has 0 aliphatic carbocycles. The highest BCUT2D eigenvalue weighted by atomic mass is 16.5. The third-order valence-electron chi connectivity index (χ3n) is 3.37. The summed E-state index contributed by atoms with van der Waals surface area (Å²) in [5.41, 5.74) is 1.15. The van der Waals surface area contributed by atoms with E-state index in [1.807, 2.05) is 12.1 Å². The summed E-state index contributed by atoms with van der Waals surface area (Å²) in [5.74, 6) is -0.271. The molecule has 0 bridgehead atoms. The Balaban J connectivity index is 0.000000307. The summed E-state index contributed by atoms with van der Waals surface area (Å²) in [6.45, 7) is 7.23. The van der Waals surface area contributed by atoms with Gasteiger partial charge in [0.25, 0.3) is 0 Å². The first-order valence-corrected chi connectivity index (χ1v) is 8.50. The van der Waals surface area contributed by atoms with E-state index in [2.05, 4.69) is 20.8 Å². The summed E-state index contributed by atoms with van der Waals surface area (Å²) in [6, 6.07) is 17.7. The molecule has 1 N–H and O–H groups in total. The van der Waals surface area contributed by atoms with Gasteiger partial charge in [-0.25, -0.2) is 0 Å². The van der Waals surface area contributed by atoms with Crippen molar-refractivity contribution in [2.75, 3.05) is 6.61 Å². The molecule has 0 saturated heterocycles. The van der Waals surface area contributed by atoms with Crippen LogP contribution in [0.4, 0.5) is 0 Å². The summed E-state index contributed by atoms with van der Waals surface area (Å²) in [6.07, 6.45) is 1.75. The first-order valence-electron chi connectivity index (χ1n) is 8.50. The van der Waals surface area contributed by atoms with Crippen LogP contribution in [0.15, 0.2) is 60.7 Å². The number of ketones is 1. The smallest absolute Gasteiger partial charge is 0.195 e. The van der Waals surface area contributed by atoms with Gasteiger partial charge in [0.05, 0.1) is 6.10 Å². The Hall–Kier alpha value is -1.97. The number of ether oxygens (including phenoxy) is 1. The Labute approximate surface area is 145 Å². The van der Waals surface area contributed by atoms with E-state index in [-0.39, 0.29) is 5.78 Å². The van der Waals surface area contributed by atoms with Crippen LogP contribution in [0.2, 0.25) is 0 Å². The fourth-order valence-electron chi connectivity index (χ4n) is 2.01. The molecule has 2 rings (SSSR count). The molecule has 2 aromatic rings. The number of carbonyl (C=O) groups is 1. The van der Waals surface area contributed by atoms with Crippen LogP contribution in [0.25, 0.3) is 0 Å². The van der Waals surface area contributed by atoms with E-state index >= 15 is 0 Å². The van der Waals surface area contributed by atoms with Crippen LogP contribution < -0.4 is 0 Å². The van der Waals surface area contributed by atoms with E-state index in [1.165, 1.54) is 12.8 Å². The van der Waals surface area contributed by atoms with Crippen molar-refractivity contribution in [3.05, 3.63) is 71.8 Å². The van der Waals surface area contributed by atoms with Crippen molar-refractivity contribution in [1.82, 2.24) is 0 Å². The number of aliphatic hydroxyl groups excluding tert-OH is 1. The molecule has 0 radical (unpaired) electrons.